The van der Waals surface area contributed by atoms with E-state index in [2.05, 4.69) is 0 Å². The van der Waals surface area contributed by atoms with E-state index in [-0.39, 0.29) is 377 Å². The van der Waals surface area contributed by atoms with Crippen molar-refractivity contribution < 1.29 is 377 Å². The summed E-state index contributed by atoms with van der Waals surface area (Å²) < 4.78 is 0. The summed E-state index contributed by atoms with van der Waals surface area (Å²) in [5.74, 6) is 0. The maximum Gasteiger partial charge on any atom is 0 e. The van der Waals surface area contributed by atoms with E-state index in [4.69, 9.17) is 0 Å². The molecule has 0 heterocycles. The summed E-state index contributed by atoms with van der Waals surface area (Å²) in [7, 11) is 0. The van der Waals surface area contributed by atoms with Gasteiger partial charge in [0.25, 0.3) is 0 Å². The first-order chi connectivity index (χ1) is 0. The minimum atomic E-state index is 0. The quantitative estimate of drug-likeness (QED) is 0.204. The van der Waals surface area contributed by atoms with Gasteiger partial charge in [-0.2, -0.15) is 0 Å². The summed E-state index contributed by atoms with van der Waals surface area (Å²) in [6.45, 7) is 0. The molecule has 0 fully saturated rings. The molecular weight excluding hydrogens is 1200 g/mol. The van der Waals surface area contributed by atoms with Gasteiger partial charge in [-0.1, -0.05) is 0 Å². The van der Waals surface area contributed by atoms with Gasteiger partial charge in [-0.3, -0.25) is 0 Å². The number of rotatable bonds is 0. The normalized spacial score (nSPS) is 0. The molecule has 0 aromatic carbocycles. The van der Waals surface area contributed by atoms with E-state index in [0.29, 0.717) is 0 Å². The Kier molecular flexibility index (Phi) is 44100. The Bertz CT molecular complexity index is 34.8. The first kappa shape index (κ1) is 1290. The molecule has 19 nitrogen and oxygen atoms in total. The van der Waals surface area contributed by atoms with Gasteiger partial charge in [-0.25, -0.2) is 0 Å². The van der Waals surface area contributed by atoms with Crippen LogP contribution in [0.3, 0.4) is 0 Å². The fraction of sp³-hybridized carbons (Fsp3) is 0. The van der Waals surface area contributed by atoms with Crippen LogP contribution in [0.2, 0.25) is 0 Å². The second-order valence-corrected chi connectivity index (χ2v) is 0. The van der Waals surface area contributed by atoms with Gasteiger partial charge in [0.1, 0.15) is 0 Å². The molecule has 0 aliphatic carbocycles. The molecular formula is H38Fe16O19. The molecule has 0 aliphatic heterocycles. The molecule has 280 valence electrons. The minimum absolute atomic E-state index is 0. The monoisotopic (exact) mass is 1240 g/mol. The molecule has 38 N–H and O–H groups in total. The van der Waals surface area contributed by atoms with Gasteiger partial charge >= 0.3 is 0 Å². The van der Waals surface area contributed by atoms with Crippen LogP contribution in [0.5, 0.6) is 0 Å². The topological polar surface area (TPSA) is 598 Å². The maximum atomic E-state index is 0. The Morgan fingerprint density at radius 1 is 0.0571 bits per heavy atom. The minimum Gasteiger partial charge on any atom is -0.412 e. The Balaban J connectivity index is 0. The fourth-order valence-corrected chi connectivity index (χ4v) is 0. The van der Waals surface area contributed by atoms with Crippen molar-refractivity contribution in [3.63, 3.8) is 0 Å². The second kappa shape index (κ2) is 1200. The van der Waals surface area contributed by atoms with Gasteiger partial charge in [0.05, 0.1) is 0 Å². The van der Waals surface area contributed by atoms with Crippen LogP contribution < -0.4 is 0 Å². The fourth-order valence-electron chi connectivity index (χ4n) is 0. The molecule has 0 atom stereocenters. The van der Waals surface area contributed by atoms with Gasteiger partial charge in [-0.15, -0.1) is 0 Å². The molecule has 0 rings (SSSR count). The Morgan fingerprint density at radius 2 is 0.0571 bits per heavy atom. The smallest absolute Gasteiger partial charge is 0 e. The summed E-state index contributed by atoms with van der Waals surface area (Å²) in [5, 5.41) is 0. The van der Waals surface area contributed by atoms with Crippen LogP contribution in [0, 0.1) is 0 Å². The number of hydrogen-bond donors (Lipinski definition) is 0. The molecule has 0 saturated carbocycles. The number of hydrogen-bond acceptors (Lipinski definition) is 0. The zero-order chi connectivity index (χ0) is 0. The molecule has 0 bridgehead atoms. The average molecular weight is 1240 g/mol. The van der Waals surface area contributed by atoms with E-state index < -0.39 is 0 Å². The van der Waals surface area contributed by atoms with Crippen LogP contribution >= 0.6 is 0 Å². The van der Waals surface area contributed by atoms with Crippen molar-refractivity contribution in [1.82, 2.24) is 0 Å². The molecule has 0 spiro atoms. The van der Waals surface area contributed by atoms with Gasteiger partial charge in [0, 0.05) is 273 Å². The van der Waals surface area contributed by atoms with E-state index in [0.717, 1.165) is 0 Å². The maximum absolute atomic E-state index is 0. The Hall–Kier alpha value is 7.55. The largest absolute Gasteiger partial charge is 0.412 e. The van der Waals surface area contributed by atoms with Gasteiger partial charge in [0.2, 0.25) is 0 Å². The first-order valence-corrected chi connectivity index (χ1v) is 0. The summed E-state index contributed by atoms with van der Waals surface area (Å²) in [4.78, 5) is 0. The molecule has 35 heavy (non-hydrogen) atoms. The standard InChI is InChI=1S/16Fe.19H2O/h;;;;;;;;;;;;;;;;19*1H2. The van der Waals surface area contributed by atoms with Crippen molar-refractivity contribution in [3.8, 4) is 0 Å². The van der Waals surface area contributed by atoms with Crippen molar-refractivity contribution in [2.75, 3.05) is 0 Å². The molecule has 35 heteroatoms. The van der Waals surface area contributed by atoms with E-state index in [9.17, 15) is 0 Å². The average Bonchev–Trinajstić information content (AvgIpc) is 0. The van der Waals surface area contributed by atoms with Crippen molar-refractivity contribution >= 4 is 0 Å². The zero-order valence-corrected chi connectivity index (χ0v) is 32.8. The molecule has 0 aromatic rings. The van der Waals surface area contributed by atoms with Crippen LogP contribution in [0.25, 0.3) is 0 Å². The van der Waals surface area contributed by atoms with Crippen molar-refractivity contribution in [3.05, 3.63) is 0 Å². The van der Waals surface area contributed by atoms with Crippen molar-refractivity contribution in [1.29, 1.82) is 0 Å². The van der Waals surface area contributed by atoms with Crippen LogP contribution in [0.1, 0.15) is 0 Å². The zero-order valence-electron chi connectivity index (χ0n) is 15.2. The van der Waals surface area contributed by atoms with Crippen molar-refractivity contribution in [2.45, 2.75) is 0 Å². The summed E-state index contributed by atoms with van der Waals surface area (Å²) in [5.41, 5.74) is 0. The Labute approximate surface area is 371 Å². The van der Waals surface area contributed by atoms with Gasteiger partial charge in [0.15, 0.2) is 0 Å². The van der Waals surface area contributed by atoms with Crippen LogP contribution in [-0.2, 0) is 273 Å². The first-order valence-electron chi connectivity index (χ1n) is 0. The van der Waals surface area contributed by atoms with E-state index in [1.165, 1.54) is 0 Å². The molecule has 0 radical (unpaired) electrons. The molecule has 0 aliphatic rings. The SMILES string of the molecule is O.O.O.O.O.O.O.O.O.O.O.O.O.O.O.O.O.O.O.[Fe].[Fe].[Fe].[Fe].[Fe].[Fe].[Fe].[Fe].[Fe].[Fe].[Fe].[Fe].[Fe].[Fe].[Fe].[Fe]. The summed E-state index contributed by atoms with van der Waals surface area (Å²) in [6.07, 6.45) is 0. The summed E-state index contributed by atoms with van der Waals surface area (Å²) in [6, 6.07) is 0. The van der Waals surface area contributed by atoms with Crippen LogP contribution in [0.4, 0.5) is 0 Å². The predicted octanol–water partition coefficient (Wildman–Crippen LogP) is -15.7. The molecule has 0 saturated heterocycles. The van der Waals surface area contributed by atoms with Crippen LogP contribution in [-0.4, -0.2) is 104 Å². The molecule has 0 unspecified atom stereocenters. The third kappa shape index (κ3) is 1140. The Morgan fingerprint density at radius 3 is 0.0571 bits per heavy atom. The third-order valence-electron chi connectivity index (χ3n) is 0. The van der Waals surface area contributed by atoms with Gasteiger partial charge in [-0.05, 0) is 0 Å². The van der Waals surface area contributed by atoms with Crippen LogP contribution in [0.15, 0.2) is 0 Å². The van der Waals surface area contributed by atoms with E-state index in [1.54, 1.807) is 0 Å². The predicted molar refractivity (Wildman–Crippen MR) is 68.7 cm³/mol. The van der Waals surface area contributed by atoms with Crippen molar-refractivity contribution in [2.24, 2.45) is 0 Å². The molecule has 0 aromatic heterocycles. The summed E-state index contributed by atoms with van der Waals surface area (Å²) >= 11 is 0. The van der Waals surface area contributed by atoms with E-state index >= 15 is 0 Å². The third-order valence-corrected chi connectivity index (χ3v) is 0. The van der Waals surface area contributed by atoms with E-state index in [1.807, 2.05) is 0 Å². The second-order valence-electron chi connectivity index (χ2n) is 0. The van der Waals surface area contributed by atoms with Gasteiger partial charge < -0.3 is 104 Å². The molecule has 0 amide bonds.